The molecule has 0 aromatic rings. The zero-order chi connectivity index (χ0) is 51.4. The van der Waals surface area contributed by atoms with E-state index in [-0.39, 0.29) is 18.5 Å². The maximum absolute atomic E-state index is 12.5. The number of rotatable bonds is 61. The van der Waals surface area contributed by atoms with Gasteiger partial charge in [0, 0.05) is 12.8 Å². The van der Waals surface area contributed by atoms with Gasteiger partial charge in [-0.05, 0) is 32.1 Å². The van der Waals surface area contributed by atoms with Gasteiger partial charge in [-0.2, -0.15) is 0 Å². The second kappa shape index (κ2) is 61.1. The summed E-state index contributed by atoms with van der Waals surface area (Å²) >= 11 is 0. The summed E-state index contributed by atoms with van der Waals surface area (Å²) < 4.78 is 5.47. The molecule has 0 saturated carbocycles. The Morgan fingerprint density at radius 1 is 0.380 bits per heavy atom. The van der Waals surface area contributed by atoms with Crippen LogP contribution in [-0.2, 0) is 14.3 Å². The summed E-state index contributed by atoms with van der Waals surface area (Å²) in [6, 6.07) is -0.628. The summed E-state index contributed by atoms with van der Waals surface area (Å²) in [4.78, 5) is 24.5. The fourth-order valence-electron chi connectivity index (χ4n) is 10.3. The van der Waals surface area contributed by atoms with Crippen LogP contribution in [0.15, 0.2) is 12.2 Å². The van der Waals surface area contributed by atoms with Gasteiger partial charge in [0.25, 0.3) is 0 Å². The van der Waals surface area contributed by atoms with Gasteiger partial charge < -0.3 is 20.3 Å². The molecule has 6 heteroatoms. The molecule has 2 unspecified atom stereocenters. The lowest BCUT2D eigenvalue weighted by molar-refractivity contribution is -0.143. The fraction of sp³-hybridized carbons (Fsp3) is 0.938. The van der Waals surface area contributed by atoms with Crippen molar-refractivity contribution in [2.45, 2.75) is 379 Å². The number of aliphatic hydroxyl groups is 2. The molecule has 0 spiro atoms. The van der Waals surface area contributed by atoms with Gasteiger partial charge in [-0.15, -0.1) is 0 Å². The van der Waals surface area contributed by atoms with Gasteiger partial charge in [-0.25, -0.2) is 0 Å². The first kappa shape index (κ1) is 69.6. The number of allylic oxidation sites excluding steroid dienone is 1. The van der Waals surface area contributed by atoms with Crippen molar-refractivity contribution in [2.75, 3.05) is 13.2 Å². The lowest BCUT2D eigenvalue weighted by Gasteiger charge is -2.20. The Morgan fingerprint density at radius 2 is 0.648 bits per heavy atom. The molecule has 0 aromatic carbocycles. The summed E-state index contributed by atoms with van der Waals surface area (Å²) in [7, 11) is 0. The maximum Gasteiger partial charge on any atom is 0.305 e. The fourth-order valence-corrected chi connectivity index (χ4v) is 10.3. The van der Waals surface area contributed by atoms with Crippen molar-refractivity contribution in [3.63, 3.8) is 0 Å². The molecule has 0 saturated heterocycles. The monoisotopic (exact) mass is 1000 g/mol. The average Bonchev–Trinajstić information content (AvgIpc) is 3.37. The van der Waals surface area contributed by atoms with Gasteiger partial charge in [0.2, 0.25) is 5.91 Å². The van der Waals surface area contributed by atoms with E-state index in [0.29, 0.717) is 19.4 Å². The first-order valence-electron chi connectivity index (χ1n) is 32.5. The summed E-state index contributed by atoms with van der Waals surface area (Å²) in [6.45, 7) is 4.93. The molecule has 0 aromatic heterocycles. The van der Waals surface area contributed by atoms with E-state index in [9.17, 15) is 19.8 Å². The zero-order valence-corrected chi connectivity index (χ0v) is 48.2. The van der Waals surface area contributed by atoms with Crippen molar-refractivity contribution >= 4 is 11.9 Å². The van der Waals surface area contributed by atoms with Crippen LogP contribution in [0.5, 0.6) is 0 Å². The smallest absolute Gasteiger partial charge is 0.305 e. The molecule has 422 valence electrons. The number of amides is 1. The Bertz CT molecular complexity index is 1060. The van der Waals surface area contributed by atoms with Gasteiger partial charge in [0.1, 0.15) is 0 Å². The molecule has 3 N–H and O–H groups in total. The highest BCUT2D eigenvalue weighted by atomic mass is 16.5. The topological polar surface area (TPSA) is 95.9 Å². The molecule has 0 fully saturated rings. The Labute approximate surface area is 444 Å². The molecule has 0 bridgehead atoms. The van der Waals surface area contributed by atoms with Crippen LogP contribution in [-0.4, -0.2) is 47.4 Å². The molecular weight excluding hydrogens is 875 g/mol. The molecule has 0 rings (SSSR count). The molecule has 71 heavy (non-hydrogen) atoms. The predicted molar refractivity (Wildman–Crippen MR) is 310 cm³/mol. The molecule has 0 aliphatic heterocycles. The van der Waals surface area contributed by atoms with Crippen molar-refractivity contribution in [3.8, 4) is 0 Å². The van der Waals surface area contributed by atoms with Crippen LogP contribution in [0.1, 0.15) is 367 Å². The van der Waals surface area contributed by atoms with Crippen molar-refractivity contribution in [1.29, 1.82) is 0 Å². The highest BCUT2D eigenvalue weighted by Crippen LogP contribution is 2.18. The van der Waals surface area contributed by atoms with Gasteiger partial charge >= 0.3 is 5.97 Å². The third-order valence-corrected chi connectivity index (χ3v) is 15.3. The van der Waals surface area contributed by atoms with E-state index in [4.69, 9.17) is 4.74 Å². The number of unbranched alkanes of at least 4 members (excludes halogenated alkanes) is 50. The van der Waals surface area contributed by atoms with Crippen LogP contribution in [0, 0.1) is 0 Å². The van der Waals surface area contributed by atoms with Crippen molar-refractivity contribution < 1.29 is 24.5 Å². The minimum atomic E-state index is -0.845. The van der Waals surface area contributed by atoms with Crippen molar-refractivity contribution in [2.24, 2.45) is 0 Å². The molecule has 1 amide bonds. The van der Waals surface area contributed by atoms with Crippen molar-refractivity contribution in [3.05, 3.63) is 12.2 Å². The number of carbonyl (C=O) groups excluding carboxylic acids is 2. The van der Waals surface area contributed by atoms with Crippen LogP contribution in [0.4, 0.5) is 0 Å². The van der Waals surface area contributed by atoms with E-state index < -0.39 is 12.1 Å². The van der Waals surface area contributed by atoms with Crippen LogP contribution in [0.3, 0.4) is 0 Å². The summed E-state index contributed by atoms with van der Waals surface area (Å²) in [5.41, 5.74) is 0. The Morgan fingerprint density at radius 3 is 0.958 bits per heavy atom. The summed E-state index contributed by atoms with van der Waals surface area (Å²) in [6.07, 6.45) is 74.0. The number of esters is 1. The van der Waals surface area contributed by atoms with Gasteiger partial charge in [0.15, 0.2) is 0 Å². The second-order valence-electron chi connectivity index (χ2n) is 22.5. The van der Waals surface area contributed by atoms with Crippen LogP contribution < -0.4 is 5.32 Å². The number of carbonyl (C=O) groups is 2. The highest BCUT2D eigenvalue weighted by molar-refractivity contribution is 5.76. The standard InChI is InChI=1S/C65H127NO5/c1-3-5-7-9-11-13-15-16-17-18-19-22-25-28-31-34-38-41-45-49-53-57-63(68)62(61-67)66-64(69)58-54-50-46-42-39-35-32-29-26-23-20-21-24-27-30-33-36-40-44-48-52-56-60-71-65(70)59-55-51-47-43-37-14-12-10-8-6-4-2/h53,57,62-63,67-68H,3-52,54-56,58-61H2,1-2H3,(H,66,69)/b57-53+. The molecule has 2 atom stereocenters. The van der Waals surface area contributed by atoms with Crippen molar-refractivity contribution in [1.82, 2.24) is 5.32 Å². The SMILES string of the molecule is CCCCCCCCCCCCCCCCCCCCC/C=C/C(O)C(CO)NC(=O)CCCCCCCCCCCCCCCCCCCCCCCCOC(=O)CCCCCCCCCCCCC. The van der Waals surface area contributed by atoms with E-state index in [2.05, 4.69) is 19.2 Å². The summed E-state index contributed by atoms with van der Waals surface area (Å²) in [5, 5.41) is 23.2. The number of nitrogens with one attached hydrogen (secondary N) is 1. The molecule has 0 heterocycles. The second-order valence-corrected chi connectivity index (χ2v) is 22.5. The Balaban J connectivity index is 3.41. The number of ether oxygens (including phenoxy) is 1. The van der Waals surface area contributed by atoms with Crippen LogP contribution in [0.2, 0.25) is 0 Å². The van der Waals surface area contributed by atoms with E-state index in [1.165, 1.54) is 302 Å². The quantitative estimate of drug-likeness (QED) is 0.0320. The molecule has 0 aliphatic rings. The maximum atomic E-state index is 12.5. The molecular formula is C65H127NO5. The molecule has 6 nitrogen and oxygen atoms in total. The number of hydrogen-bond acceptors (Lipinski definition) is 5. The predicted octanol–water partition coefficient (Wildman–Crippen LogP) is 20.4. The molecule has 0 aliphatic carbocycles. The number of hydrogen-bond donors (Lipinski definition) is 3. The third kappa shape index (κ3) is 57.7. The normalized spacial score (nSPS) is 12.6. The van der Waals surface area contributed by atoms with Gasteiger partial charge in [-0.1, -0.05) is 334 Å². The van der Waals surface area contributed by atoms with E-state index in [1.807, 2.05) is 6.08 Å². The zero-order valence-electron chi connectivity index (χ0n) is 48.2. The first-order valence-corrected chi connectivity index (χ1v) is 32.5. The minimum Gasteiger partial charge on any atom is -0.466 e. The highest BCUT2D eigenvalue weighted by Gasteiger charge is 2.18. The lowest BCUT2D eigenvalue weighted by Crippen LogP contribution is -2.45. The van der Waals surface area contributed by atoms with Crippen LogP contribution in [0.25, 0.3) is 0 Å². The summed E-state index contributed by atoms with van der Waals surface area (Å²) in [5.74, 6) is -0.0508. The van der Waals surface area contributed by atoms with Gasteiger partial charge in [-0.3, -0.25) is 9.59 Å². The van der Waals surface area contributed by atoms with E-state index in [1.54, 1.807) is 6.08 Å². The largest absolute Gasteiger partial charge is 0.466 e. The Hall–Kier alpha value is -1.40. The van der Waals surface area contributed by atoms with Crippen LogP contribution >= 0.6 is 0 Å². The third-order valence-electron chi connectivity index (χ3n) is 15.3. The minimum absolute atomic E-state index is 0.0132. The number of aliphatic hydroxyl groups excluding tert-OH is 2. The van der Waals surface area contributed by atoms with Gasteiger partial charge in [0.05, 0.1) is 25.4 Å². The Kier molecular flexibility index (Phi) is 59.9. The van der Waals surface area contributed by atoms with E-state index >= 15 is 0 Å². The van der Waals surface area contributed by atoms with E-state index in [0.717, 1.165) is 38.5 Å². The molecule has 0 radical (unpaired) electrons. The lowest BCUT2D eigenvalue weighted by atomic mass is 10.0. The average molecular weight is 1000 g/mol. The first-order chi connectivity index (χ1) is 35.0.